The minimum Gasteiger partial charge on any atom is -0.468 e. The average molecular weight is 343 g/mol. The lowest BCUT2D eigenvalue weighted by atomic mass is 9.99. The highest BCUT2D eigenvalue weighted by Gasteiger charge is 2.44. The minimum atomic E-state index is -2.60. The fourth-order valence-corrected chi connectivity index (χ4v) is 8.38. The first-order chi connectivity index (χ1) is 11.0. The maximum absolute atomic E-state index is 14.1. The van der Waals surface area contributed by atoms with E-state index in [9.17, 15) is 9.36 Å². The normalized spacial score (nSPS) is 23.0. The van der Waals surface area contributed by atoms with E-state index >= 15 is 0 Å². The fourth-order valence-electron chi connectivity index (χ4n) is 4.26. The van der Waals surface area contributed by atoms with Gasteiger partial charge in [0.25, 0.3) is 0 Å². The summed E-state index contributed by atoms with van der Waals surface area (Å²) in [5, 5.41) is 3.40. The van der Waals surface area contributed by atoms with Gasteiger partial charge in [-0.3, -0.25) is 9.88 Å². The summed E-state index contributed by atoms with van der Waals surface area (Å²) >= 11 is 0. The van der Waals surface area contributed by atoms with Gasteiger partial charge >= 0.3 is 5.97 Å². The number of hydrogen-bond acceptors (Lipinski definition) is 3. The number of rotatable bonds is 6. The van der Waals surface area contributed by atoms with Crippen LogP contribution in [0.3, 0.4) is 0 Å². The third-order valence-corrected chi connectivity index (χ3v) is 9.58. The van der Waals surface area contributed by atoms with E-state index in [0.29, 0.717) is 0 Å². The highest BCUT2D eigenvalue weighted by Crippen LogP contribution is 2.60. The zero-order valence-corrected chi connectivity index (χ0v) is 15.9. The van der Waals surface area contributed by atoms with Crippen LogP contribution in [-0.4, -0.2) is 30.4 Å². The topological polar surface area (TPSA) is 55.4 Å². The molecule has 0 spiro atoms. The van der Waals surface area contributed by atoms with Gasteiger partial charge in [-0.1, -0.05) is 52.4 Å². The summed E-state index contributed by atoms with van der Waals surface area (Å²) in [6.45, 7) is 4.00. The third-order valence-electron chi connectivity index (χ3n) is 5.70. The minimum absolute atomic E-state index is 0.0861. The summed E-state index contributed by atoms with van der Waals surface area (Å²) in [6.07, 6.45) is 11.4. The molecule has 2 saturated carbocycles. The van der Waals surface area contributed by atoms with Gasteiger partial charge in [0.2, 0.25) is 0 Å². The molecule has 0 unspecified atom stereocenters. The first-order valence-corrected chi connectivity index (χ1v) is 11.3. The first-order valence-electron chi connectivity index (χ1n) is 9.44. The van der Waals surface area contributed by atoms with Crippen molar-refractivity contribution in [1.29, 1.82) is 0 Å². The van der Waals surface area contributed by atoms with Crippen molar-refractivity contribution in [3.05, 3.63) is 0 Å². The van der Waals surface area contributed by atoms with Crippen molar-refractivity contribution in [2.75, 3.05) is 7.11 Å². The molecule has 0 bridgehead atoms. The number of nitrogens with one attached hydrogen (secondary N) is 1. The van der Waals surface area contributed by atoms with Crippen molar-refractivity contribution in [1.82, 2.24) is 5.09 Å². The molecule has 0 aromatic rings. The van der Waals surface area contributed by atoms with Crippen molar-refractivity contribution in [3.63, 3.8) is 0 Å². The zero-order chi connectivity index (χ0) is 16.9. The Hall–Kier alpha value is -0.340. The molecule has 0 aromatic heterocycles. The molecule has 2 aliphatic rings. The van der Waals surface area contributed by atoms with E-state index in [1.165, 1.54) is 45.6 Å². The van der Waals surface area contributed by atoms with Crippen molar-refractivity contribution < 1.29 is 14.1 Å². The molecule has 0 radical (unpaired) electrons. The van der Waals surface area contributed by atoms with Crippen LogP contribution in [-0.2, 0) is 14.1 Å². The molecule has 1 atom stereocenters. The molecule has 1 N–H and O–H groups in total. The number of hydrogen-bond donors (Lipinski definition) is 1. The van der Waals surface area contributed by atoms with Gasteiger partial charge in [0.15, 0.2) is 7.29 Å². The van der Waals surface area contributed by atoms with E-state index in [4.69, 9.17) is 4.74 Å². The third kappa shape index (κ3) is 4.60. The Bertz CT molecular complexity index is 404. The molecule has 2 aliphatic carbocycles. The molecule has 4 nitrogen and oxygen atoms in total. The molecule has 2 fully saturated rings. The Morgan fingerprint density at radius 2 is 1.39 bits per heavy atom. The standard InChI is InChI=1S/C18H34NO3P/c1-14(2)17(18(20)22-3)19-23(21,15-10-6-4-7-11-15)16-12-8-5-9-13-16/h14-17H,4-13H2,1-3H3,(H,19,21)/t17-/m0/s1. The SMILES string of the molecule is COC(=O)[C@@H](NP(=O)(C1CCCCC1)C1CCCCC1)C(C)C. The summed E-state index contributed by atoms with van der Waals surface area (Å²) in [5.74, 6) is -0.185. The van der Waals surface area contributed by atoms with E-state index in [1.54, 1.807) is 0 Å². The lowest BCUT2D eigenvalue weighted by Gasteiger charge is -2.40. The van der Waals surface area contributed by atoms with Crippen molar-refractivity contribution in [3.8, 4) is 0 Å². The van der Waals surface area contributed by atoms with Crippen LogP contribution in [0.25, 0.3) is 0 Å². The fraction of sp³-hybridized carbons (Fsp3) is 0.944. The Balaban J connectivity index is 2.24. The molecule has 0 aromatic carbocycles. The van der Waals surface area contributed by atoms with Crippen LogP contribution in [0.4, 0.5) is 0 Å². The monoisotopic (exact) mass is 343 g/mol. The largest absolute Gasteiger partial charge is 0.468 e. The van der Waals surface area contributed by atoms with Gasteiger partial charge < -0.3 is 9.30 Å². The van der Waals surface area contributed by atoms with Gasteiger partial charge in [-0.05, 0) is 31.6 Å². The summed E-state index contributed by atoms with van der Waals surface area (Å²) in [5.41, 5.74) is 0.510. The lowest BCUT2D eigenvalue weighted by Crippen LogP contribution is -2.44. The Labute approximate surface area is 141 Å². The second-order valence-corrected chi connectivity index (χ2v) is 10.8. The molecular formula is C18H34NO3P. The van der Waals surface area contributed by atoms with Gasteiger partial charge in [-0.15, -0.1) is 0 Å². The van der Waals surface area contributed by atoms with Gasteiger partial charge in [-0.2, -0.15) is 0 Å². The van der Waals surface area contributed by atoms with Crippen LogP contribution < -0.4 is 5.09 Å². The van der Waals surface area contributed by atoms with Gasteiger partial charge in [0, 0.05) is 11.3 Å². The van der Waals surface area contributed by atoms with Crippen LogP contribution >= 0.6 is 7.29 Å². The molecule has 2 rings (SSSR count). The molecule has 0 heterocycles. The van der Waals surface area contributed by atoms with Crippen molar-refractivity contribution in [2.24, 2.45) is 5.92 Å². The Morgan fingerprint density at radius 3 is 1.74 bits per heavy atom. The smallest absolute Gasteiger partial charge is 0.323 e. The van der Waals surface area contributed by atoms with Gasteiger partial charge in [0.05, 0.1) is 7.11 Å². The summed E-state index contributed by atoms with van der Waals surface area (Å²) < 4.78 is 19.1. The Kier molecular flexibility index (Phi) is 7.16. The molecule has 23 heavy (non-hydrogen) atoms. The molecular weight excluding hydrogens is 309 g/mol. The second-order valence-electron chi connectivity index (χ2n) is 7.67. The second kappa shape index (κ2) is 8.67. The van der Waals surface area contributed by atoms with Crippen LogP contribution in [0.5, 0.6) is 0 Å². The first kappa shape index (κ1) is 19.0. The number of methoxy groups -OCH3 is 1. The quantitative estimate of drug-likeness (QED) is 0.560. The summed E-state index contributed by atoms with van der Waals surface area (Å²) in [4.78, 5) is 12.2. The highest BCUT2D eigenvalue weighted by atomic mass is 31.2. The van der Waals surface area contributed by atoms with E-state index in [0.717, 1.165) is 25.7 Å². The van der Waals surface area contributed by atoms with Crippen molar-refractivity contribution >= 4 is 13.3 Å². The van der Waals surface area contributed by atoms with E-state index < -0.39 is 13.3 Å². The number of ether oxygens (including phenoxy) is 1. The van der Waals surface area contributed by atoms with Crippen LogP contribution in [0.2, 0.25) is 0 Å². The van der Waals surface area contributed by atoms with Crippen molar-refractivity contribution in [2.45, 2.75) is 95.4 Å². The predicted octanol–water partition coefficient (Wildman–Crippen LogP) is 4.72. The Morgan fingerprint density at radius 1 is 0.957 bits per heavy atom. The highest BCUT2D eigenvalue weighted by molar-refractivity contribution is 7.63. The lowest BCUT2D eigenvalue weighted by molar-refractivity contribution is -0.143. The van der Waals surface area contributed by atoms with Gasteiger partial charge in [-0.25, -0.2) is 0 Å². The van der Waals surface area contributed by atoms with Gasteiger partial charge in [0.1, 0.15) is 6.04 Å². The zero-order valence-electron chi connectivity index (χ0n) is 15.1. The van der Waals surface area contributed by atoms with E-state index in [-0.39, 0.29) is 23.2 Å². The molecule has 134 valence electrons. The predicted molar refractivity (Wildman–Crippen MR) is 95.1 cm³/mol. The molecule has 5 heteroatoms. The maximum Gasteiger partial charge on any atom is 0.323 e. The number of carbonyl (C=O) groups is 1. The van der Waals surface area contributed by atoms with Crippen LogP contribution in [0.15, 0.2) is 0 Å². The molecule has 0 aliphatic heterocycles. The maximum atomic E-state index is 14.1. The van der Waals surface area contributed by atoms with Crippen LogP contribution in [0, 0.1) is 5.92 Å². The summed E-state index contributed by atoms with van der Waals surface area (Å²) in [6, 6.07) is -0.449. The average Bonchev–Trinajstić information content (AvgIpc) is 2.60. The van der Waals surface area contributed by atoms with Crippen LogP contribution in [0.1, 0.15) is 78.1 Å². The number of carbonyl (C=O) groups excluding carboxylic acids is 1. The number of esters is 1. The van der Waals surface area contributed by atoms with E-state index in [2.05, 4.69) is 5.09 Å². The molecule has 0 saturated heterocycles. The van der Waals surface area contributed by atoms with E-state index in [1.807, 2.05) is 13.8 Å². The molecule has 0 amide bonds. The summed E-state index contributed by atoms with van der Waals surface area (Å²) in [7, 11) is -1.18.